The molecule has 0 spiro atoms. The summed E-state index contributed by atoms with van der Waals surface area (Å²) in [5, 5.41) is 16.1. The molecule has 0 aliphatic rings. The van der Waals surface area contributed by atoms with E-state index in [4.69, 9.17) is 4.74 Å². The molecule has 3 aromatic carbocycles. The van der Waals surface area contributed by atoms with Crippen molar-refractivity contribution in [2.75, 3.05) is 17.2 Å². The van der Waals surface area contributed by atoms with E-state index in [0.29, 0.717) is 22.7 Å². The van der Waals surface area contributed by atoms with Gasteiger partial charge in [0.1, 0.15) is 5.75 Å². The molecule has 0 fully saturated rings. The van der Waals surface area contributed by atoms with Gasteiger partial charge in [-0.15, -0.1) is 0 Å². The van der Waals surface area contributed by atoms with E-state index in [-0.39, 0.29) is 24.1 Å². The minimum atomic E-state index is -0.510. The lowest BCUT2D eigenvalue weighted by Gasteiger charge is -2.09. The van der Waals surface area contributed by atoms with Gasteiger partial charge in [0.15, 0.2) is 6.61 Å². The summed E-state index contributed by atoms with van der Waals surface area (Å²) >= 11 is 0. The lowest BCUT2D eigenvalue weighted by molar-refractivity contribution is -0.384. The molecule has 0 aliphatic heterocycles. The minimum absolute atomic E-state index is 0.0543. The summed E-state index contributed by atoms with van der Waals surface area (Å²) in [6.45, 7) is 1.67. The van der Waals surface area contributed by atoms with Gasteiger partial charge in [-0.25, -0.2) is 0 Å². The van der Waals surface area contributed by atoms with Gasteiger partial charge < -0.3 is 15.4 Å². The van der Waals surface area contributed by atoms with Crippen LogP contribution in [0.25, 0.3) is 0 Å². The first-order valence-electron chi connectivity index (χ1n) is 9.06. The van der Waals surface area contributed by atoms with Crippen LogP contribution in [0.1, 0.15) is 15.9 Å². The zero-order chi connectivity index (χ0) is 21.5. The topological polar surface area (TPSA) is 111 Å². The Morgan fingerprint density at radius 2 is 1.57 bits per heavy atom. The molecule has 0 unspecified atom stereocenters. The predicted molar refractivity (Wildman–Crippen MR) is 113 cm³/mol. The van der Waals surface area contributed by atoms with Crippen molar-refractivity contribution in [1.29, 1.82) is 0 Å². The van der Waals surface area contributed by atoms with Crippen LogP contribution in [-0.2, 0) is 4.79 Å². The van der Waals surface area contributed by atoms with Gasteiger partial charge in [-0.05, 0) is 55.5 Å². The molecule has 8 heteroatoms. The number of ether oxygens (including phenoxy) is 1. The summed E-state index contributed by atoms with van der Waals surface area (Å²) in [5.41, 5.74) is 2.65. The van der Waals surface area contributed by atoms with Crippen molar-refractivity contribution in [3.63, 3.8) is 0 Å². The van der Waals surface area contributed by atoms with Gasteiger partial charge in [-0.1, -0.05) is 17.7 Å². The fraction of sp³-hybridized carbons (Fsp3) is 0.0909. The maximum absolute atomic E-state index is 12.3. The number of nitrogens with one attached hydrogen (secondary N) is 2. The lowest BCUT2D eigenvalue weighted by atomic mass is 10.1. The Labute approximate surface area is 172 Å². The smallest absolute Gasteiger partial charge is 0.269 e. The number of benzene rings is 3. The number of rotatable bonds is 7. The average molecular weight is 405 g/mol. The maximum Gasteiger partial charge on any atom is 0.269 e. The van der Waals surface area contributed by atoms with Crippen molar-refractivity contribution in [2.45, 2.75) is 6.92 Å². The van der Waals surface area contributed by atoms with Crippen LogP contribution in [0.5, 0.6) is 5.75 Å². The van der Waals surface area contributed by atoms with Crippen LogP contribution in [0.4, 0.5) is 17.1 Å². The van der Waals surface area contributed by atoms with Crippen LogP contribution in [0, 0.1) is 17.0 Å². The van der Waals surface area contributed by atoms with Crippen molar-refractivity contribution in [3.05, 3.63) is 94.0 Å². The molecule has 0 bridgehead atoms. The minimum Gasteiger partial charge on any atom is -0.484 e. The van der Waals surface area contributed by atoms with E-state index in [1.54, 1.807) is 36.4 Å². The van der Waals surface area contributed by atoms with Gasteiger partial charge in [0.05, 0.1) is 4.92 Å². The number of hydrogen-bond acceptors (Lipinski definition) is 5. The Balaban J connectivity index is 1.50. The summed E-state index contributed by atoms with van der Waals surface area (Å²) in [6, 6.07) is 19.4. The fourth-order valence-corrected chi connectivity index (χ4v) is 2.64. The fourth-order valence-electron chi connectivity index (χ4n) is 2.64. The molecule has 0 saturated heterocycles. The lowest BCUT2D eigenvalue weighted by Crippen LogP contribution is -2.20. The molecular weight excluding hydrogens is 386 g/mol. The van der Waals surface area contributed by atoms with E-state index < -0.39 is 4.92 Å². The number of nitro benzene ring substituents is 1. The van der Waals surface area contributed by atoms with Crippen molar-refractivity contribution in [2.24, 2.45) is 0 Å². The van der Waals surface area contributed by atoms with Gasteiger partial charge in [-0.2, -0.15) is 0 Å². The largest absolute Gasteiger partial charge is 0.484 e. The summed E-state index contributed by atoms with van der Waals surface area (Å²) in [4.78, 5) is 34.4. The molecule has 30 heavy (non-hydrogen) atoms. The third-order valence-corrected chi connectivity index (χ3v) is 4.12. The highest BCUT2D eigenvalue weighted by atomic mass is 16.6. The molecule has 0 aliphatic carbocycles. The molecule has 2 amide bonds. The van der Waals surface area contributed by atoms with E-state index in [1.165, 1.54) is 24.3 Å². The van der Waals surface area contributed by atoms with Crippen molar-refractivity contribution < 1.29 is 19.2 Å². The van der Waals surface area contributed by atoms with Crippen LogP contribution < -0.4 is 15.4 Å². The third kappa shape index (κ3) is 5.65. The normalized spacial score (nSPS) is 10.2. The Morgan fingerprint density at radius 1 is 0.933 bits per heavy atom. The maximum atomic E-state index is 12.3. The number of anilines is 2. The molecule has 152 valence electrons. The Bertz CT molecular complexity index is 1060. The second kappa shape index (κ2) is 9.33. The molecule has 0 aromatic heterocycles. The van der Waals surface area contributed by atoms with Crippen LogP contribution in [0.2, 0.25) is 0 Å². The number of non-ortho nitro benzene ring substituents is 1. The monoisotopic (exact) mass is 405 g/mol. The summed E-state index contributed by atoms with van der Waals surface area (Å²) in [6.07, 6.45) is 0. The van der Waals surface area contributed by atoms with E-state index in [1.807, 2.05) is 19.1 Å². The van der Waals surface area contributed by atoms with Gasteiger partial charge in [0, 0.05) is 29.1 Å². The van der Waals surface area contributed by atoms with Crippen LogP contribution in [0.15, 0.2) is 72.8 Å². The predicted octanol–water partition coefficient (Wildman–Crippen LogP) is 4.17. The van der Waals surface area contributed by atoms with Crippen molar-refractivity contribution in [1.82, 2.24) is 0 Å². The highest BCUT2D eigenvalue weighted by Gasteiger charge is 2.08. The molecule has 3 aromatic rings. The van der Waals surface area contributed by atoms with Crippen LogP contribution in [-0.4, -0.2) is 23.3 Å². The number of nitro groups is 1. The molecule has 0 radical (unpaired) electrons. The highest BCUT2D eigenvalue weighted by Crippen LogP contribution is 2.18. The number of carbonyl (C=O) groups is 2. The Hall–Kier alpha value is -4.20. The van der Waals surface area contributed by atoms with E-state index in [9.17, 15) is 19.7 Å². The SMILES string of the molecule is Cc1cccc(C(=O)Nc2ccc(NC(=O)COc3ccc([N+](=O)[O-])cc3)cc2)c1. The first kappa shape index (κ1) is 20.5. The van der Waals surface area contributed by atoms with E-state index in [2.05, 4.69) is 10.6 Å². The molecule has 0 atom stereocenters. The number of carbonyl (C=O) groups excluding carboxylic acids is 2. The van der Waals surface area contributed by atoms with Crippen molar-refractivity contribution >= 4 is 28.9 Å². The number of hydrogen-bond donors (Lipinski definition) is 2. The van der Waals surface area contributed by atoms with Gasteiger partial charge in [0.2, 0.25) is 0 Å². The zero-order valence-corrected chi connectivity index (χ0v) is 16.1. The first-order valence-corrected chi connectivity index (χ1v) is 9.06. The molecule has 2 N–H and O–H groups in total. The molecule has 0 heterocycles. The summed E-state index contributed by atoms with van der Waals surface area (Å²) in [5.74, 6) is -0.248. The van der Waals surface area contributed by atoms with Crippen LogP contribution in [0.3, 0.4) is 0 Å². The molecular formula is C22H19N3O5. The quantitative estimate of drug-likeness (QED) is 0.453. The first-order chi connectivity index (χ1) is 14.4. The standard InChI is InChI=1S/C22H19N3O5/c1-15-3-2-4-16(13-15)22(27)24-18-7-5-17(6-8-18)23-21(26)14-30-20-11-9-19(10-12-20)25(28)29/h2-13H,14H2,1H3,(H,23,26)(H,24,27). The van der Waals surface area contributed by atoms with Gasteiger partial charge >= 0.3 is 0 Å². The third-order valence-electron chi connectivity index (χ3n) is 4.12. The van der Waals surface area contributed by atoms with Gasteiger partial charge in [-0.3, -0.25) is 19.7 Å². The number of nitrogens with zero attached hydrogens (tertiary/aromatic N) is 1. The number of amides is 2. The summed E-state index contributed by atoms with van der Waals surface area (Å²) in [7, 11) is 0. The van der Waals surface area contributed by atoms with E-state index >= 15 is 0 Å². The van der Waals surface area contributed by atoms with Gasteiger partial charge in [0.25, 0.3) is 17.5 Å². The second-order valence-electron chi connectivity index (χ2n) is 6.49. The summed E-state index contributed by atoms with van der Waals surface area (Å²) < 4.78 is 5.32. The Morgan fingerprint density at radius 3 is 2.17 bits per heavy atom. The Kier molecular flexibility index (Phi) is 6.39. The van der Waals surface area contributed by atoms with E-state index in [0.717, 1.165) is 5.56 Å². The highest BCUT2D eigenvalue weighted by molar-refractivity contribution is 6.04. The molecule has 3 rings (SSSR count). The van der Waals surface area contributed by atoms with Crippen LogP contribution >= 0.6 is 0 Å². The zero-order valence-electron chi connectivity index (χ0n) is 16.1. The molecule has 8 nitrogen and oxygen atoms in total. The second-order valence-corrected chi connectivity index (χ2v) is 6.49. The average Bonchev–Trinajstić information content (AvgIpc) is 2.74. The molecule has 0 saturated carbocycles. The van der Waals surface area contributed by atoms with Crippen molar-refractivity contribution in [3.8, 4) is 5.75 Å². The number of aryl methyl sites for hydroxylation is 1.